The summed E-state index contributed by atoms with van der Waals surface area (Å²) < 4.78 is 33.7. The highest BCUT2D eigenvalue weighted by Gasteiger charge is 2.51. The van der Waals surface area contributed by atoms with Crippen LogP contribution >= 0.6 is 0 Å². The highest BCUT2D eigenvalue weighted by Crippen LogP contribution is 2.61. The van der Waals surface area contributed by atoms with Crippen LogP contribution < -0.4 is 14.9 Å². The van der Waals surface area contributed by atoms with Crippen LogP contribution in [0.4, 0.5) is 17.1 Å². The van der Waals surface area contributed by atoms with Gasteiger partial charge in [-0.15, -0.1) is 0 Å². The number of nitrogens with zero attached hydrogens (tertiary/aromatic N) is 3. The Morgan fingerprint density at radius 3 is 2.41 bits per heavy atom. The molecule has 11 nitrogen and oxygen atoms in total. The molecule has 1 saturated carbocycles. The molecule has 0 spiro atoms. The summed E-state index contributed by atoms with van der Waals surface area (Å²) in [5.41, 5.74) is 5.70. The minimum Gasteiger partial charge on any atom is -0.381 e. The van der Waals surface area contributed by atoms with Crippen LogP contribution in [0.25, 0.3) is 5.57 Å². The molecule has 2 saturated heterocycles. The second kappa shape index (κ2) is 14.4. The first kappa shape index (κ1) is 35.2. The van der Waals surface area contributed by atoms with Crippen molar-refractivity contribution in [2.75, 3.05) is 56.2 Å². The van der Waals surface area contributed by atoms with Gasteiger partial charge in [0.1, 0.15) is 5.69 Å². The number of fused-ring (bicyclic) bond motifs is 1. The van der Waals surface area contributed by atoms with Gasteiger partial charge in [-0.3, -0.25) is 19.8 Å². The van der Waals surface area contributed by atoms with Crippen molar-refractivity contribution in [1.29, 1.82) is 0 Å². The van der Waals surface area contributed by atoms with Crippen LogP contribution in [0.2, 0.25) is 0 Å². The van der Waals surface area contributed by atoms with Gasteiger partial charge < -0.3 is 15.0 Å². The van der Waals surface area contributed by atoms with Crippen molar-refractivity contribution in [2.24, 2.45) is 23.2 Å². The van der Waals surface area contributed by atoms with Gasteiger partial charge in [0.15, 0.2) is 0 Å². The summed E-state index contributed by atoms with van der Waals surface area (Å²) in [4.78, 5) is 28.6. The van der Waals surface area contributed by atoms with Crippen LogP contribution in [0.3, 0.4) is 0 Å². The Bertz CT molecular complexity index is 1910. The maximum absolute atomic E-state index is 13.1. The quantitative estimate of drug-likeness (QED) is 0.173. The molecule has 3 aromatic rings. The number of benzene rings is 3. The van der Waals surface area contributed by atoms with Crippen LogP contribution in [0.1, 0.15) is 61.0 Å². The molecule has 3 aliphatic carbocycles. The van der Waals surface area contributed by atoms with Gasteiger partial charge in [0.2, 0.25) is 0 Å². The zero-order valence-corrected chi connectivity index (χ0v) is 30.2. The fraction of sp³-hybridized carbons (Fsp3) is 0.462. The lowest BCUT2D eigenvalue weighted by molar-refractivity contribution is -0.384. The van der Waals surface area contributed by atoms with Gasteiger partial charge in [-0.25, -0.2) is 13.1 Å². The largest absolute Gasteiger partial charge is 0.381 e. The number of ether oxygens (including phenoxy) is 1. The molecule has 2 N–H and O–H groups in total. The first-order valence-electron chi connectivity index (χ1n) is 18.0. The molecule has 0 unspecified atom stereocenters. The molecule has 2 aliphatic heterocycles. The second-order valence-corrected chi connectivity index (χ2v) is 16.7. The molecule has 1 amide bonds. The molecule has 5 aliphatic rings. The van der Waals surface area contributed by atoms with E-state index in [4.69, 9.17) is 4.74 Å². The van der Waals surface area contributed by atoms with E-state index >= 15 is 0 Å². The lowest BCUT2D eigenvalue weighted by Gasteiger charge is -2.56. The van der Waals surface area contributed by atoms with Crippen molar-refractivity contribution < 1.29 is 22.9 Å². The number of nitro groups is 1. The summed E-state index contributed by atoms with van der Waals surface area (Å²) in [5, 5.41) is 14.9. The molecule has 270 valence electrons. The minimum atomic E-state index is -4.36. The number of rotatable bonds is 11. The standard InChI is InChI=1S/C39H47N5O6S/c1-39(2)30-9-13-34(35(39)23-30)33-6-4-3-5-29(33)26-42-17-19-43(20-18-42)31-10-7-28(8-11-31)38(45)41-51(48,49)32-12-14-36(37(24-32)44(46)47)40-25-27-15-21-50-22-16-27/h3-8,10-14,24,27,30,35,40H,9,15-23,25-26H2,1-2H3,(H,41,45)/t30-,35+/m0/s1. The van der Waals surface area contributed by atoms with E-state index in [1.165, 1.54) is 41.7 Å². The molecule has 8 rings (SSSR count). The Balaban J connectivity index is 0.940. The van der Waals surface area contributed by atoms with Crippen molar-refractivity contribution in [3.05, 3.63) is 99.6 Å². The highest BCUT2D eigenvalue weighted by molar-refractivity contribution is 7.90. The Hall–Kier alpha value is -4.26. The summed E-state index contributed by atoms with van der Waals surface area (Å²) in [6.45, 7) is 11.0. The van der Waals surface area contributed by atoms with E-state index in [1.807, 2.05) is 12.1 Å². The van der Waals surface area contributed by atoms with Crippen molar-refractivity contribution in [3.63, 3.8) is 0 Å². The number of sulfonamides is 1. The van der Waals surface area contributed by atoms with E-state index in [0.29, 0.717) is 37.0 Å². The maximum Gasteiger partial charge on any atom is 0.293 e. The second-order valence-electron chi connectivity index (χ2n) is 15.0. The average Bonchev–Trinajstić information content (AvgIpc) is 3.14. The number of nitro benzene ring substituents is 1. The van der Waals surface area contributed by atoms with Gasteiger partial charge in [-0.05, 0) is 102 Å². The first-order chi connectivity index (χ1) is 24.5. The van der Waals surface area contributed by atoms with Crippen LogP contribution in [-0.2, 0) is 21.3 Å². The molecule has 2 bridgehead atoms. The number of nitrogens with one attached hydrogen (secondary N) is 2. The Morgan fingerprint density at radius 1 is 1.00 bits per heavy atom. The van der Waals surface area contributed by atoms with Gasteiger partial charge in [-0.2, -0.15) is 0 Å². The predicted molar refractivity (Wildman–Crippen MR) is 198 cm³/mol. The first-order valence-corrected chi connectivity index (χ1v) is 19.5. The third-order valence-electron chi connectivity index (χ3n) is 11.7. The summed E-state index contributed by atoms with van der Waals surface area (Å²) in [6.07, 6.45) is 6.67. The van der Waals surface area contributed by atoms with E-state index < -0.39 is 20.9 Å². The van der Waals surface area contributed by atoms with Gasteiger partial charge in [0.05, 0.1) is 9.82 Å². The van der Waals surface area contributed by atoms with Gasteiger partial charge in [-0.1, -0.05) is 44.2 Å². The monoisotopic (exact) mass is 713 g/mol. The van der Waals surface area contributed by atoms with Crippen LogP contribution in [0.5, 0.6) is 0 Å². The van der Waals surface area contributed by atoms with Crippen molar-refractivity contribution >= 4 is 38.6 Å². The van der Waals surface area contributed by atoms with E-state index in [9.17, 15) is 23.3 Å². The van der Waals surface area contributed by atoms with Crippen LogP contribution in [0.15, 0.2) is 77.7 Å². The molecule has 0 radical (unpaired) electrons. The van der Waals surface area contributed by atoms with Crippen LogP contribution in [0, 0.1) is 33.3 Å². The Kier molecular flexibility index (Phi) is 9.93. The van der Waals surface area contributed by atoms with Crippen molar-refractivity contribution in [2.45, 2.75) is 51.0 Å². The summed E-state index contributed by atoms with van der Waals surface area (Å²) in [5.74, 6) is 0.964. The van der Waals surface area contributed by atoms with Crippen molar-refractivity contribution in [3.8, 4) is 0 Å². The summed E-state index contributed by atoms with van der Waals surface area (Å²) in [6, 6.07) is 19.4. The number of hydrogen-bond acceptors (Lipinski definition) is 9. The number of carbonyl (C=O) groups is 1. The SMILES string of the molecule is CC1(C)[C@H]2CC=C(c3ccccc3CN3CCN(c4ccc(C(=O)NS(=O)(=O)c5ccc(NCC6CCOCC6)c([N+](=O)[O-])c5)cc4)CC3)[C@H]1C2. The summed E-state index contributed by atoms with van der Waals surface area (Å²) in [7, 11) is -4.36. The molecular weight excluding hydrogens is 667 g/mol. The lowest BCUT2D eigenvalue weighted by Crippen LogP contribution is -2.48. The van der Waals surface area contributed by atoms with Crippen molar-refractivity contribution in [1.82, 2.24) is 9.62 Å². The molecule has 0 aromatic heterocycles. The molecule has 12 heteroatoms. The molecule has 2 heterocycles. The number of piperazine rings is 1. The smallest absolute Gasteiger partial charge is 0.293 e. The molecule has 51 heavy (non-hydrogen) atoms. The topological polar surface area (TPSA) is 134 Å². The minimum absolute atomic E-state index is 0.180. The Morgan fingerprint density at radius 2 is 1.73 bits per heavy atom. The number of allylic oxidation sites excluding steroid dienone is 2. The van der Waals surface area contributed by atoms with E-state index in [-0.39, 0.29) is 21.8 Å². The zero-order chi connectivity index (χ0) is 35.8. The third kappa shape index (κ3) is 7.40. The number of anilines is 2. The number of carbonyl (C=O) groups excluding carboxylic acids is 1. The van der Waals surface area contributed by atoms with Crippen LogP contribution in [-0.4, -0.2) is 70.1 Å². The normalized spacial score (nSPS) is 22.1. The fourth-order valence-electron chi connectivity index (χ4n) is 8.25. The fourth-order valence-corrected chi connectivity index (χ4v) is 9.24. The lowest BCUT2D eigenvalue weighted by atomic mass is 9.48. The predicted octanol–water partition coefficient (Wildman–Crippen LogP) is 6.32. The van der Waals surface area contributed by atoms with Gasteiger partial charge in [0.25, 0.3) is 21.6 Å². The third-order valence-corrected chi connectivity index (χ3v) is 13.0. The molecule has 2 atom stereocenters. The maximum atomic E-state index is 13.1. The number of hydrogen-bond donors (Lipinski definition) is 2. The van der Waals surface area contributed by atoms with E-state index in [0.717, 1.165) is 63.2 Å². The number of amides is 1. The van der Waals surface area contributed by atoms with Gasteiger partial charge >= 0.3 is 0 Å². The zero-order valence-electron chi connectivity index (χ0n) is 29.3. The molecule has 3 aromatic carbocycles. The van der Waals surface area contributed by atoms with E-state index in [2.05, 4.69) is 64.0 Å². The summed E-state index contributed by atoms with van der Waals surface area (Å²) >= 11 is 0. The average molecular weight is 714 g/mol. The van der Waals surface area contributed by atoms with E-state index in [1.54, 1.807) is 12.1 Å². The molecular formula is C39H47N5O6S. The Labute approximate surface area is 300 Å². The van der Waals surface area contributed by atoms with Gasteiger partial charge in [0, 0.05) is 69.8 Å². The molecule has 3 fully saturated rings. The highest BCUT2D eigenvalue weighted by atomic mass is 32.2.